The van der Waals surface area contributed by atoms with Crippen LogP contribution in [-0.2, 0) is 40.9 Å². The van der Waals surface area contributed by atoms with Crippen molar-refractivity contribution in [3.63, 3.8) is 0 Å². The molecule has 15 fully saturated rings. The molecule has 23 rings (SSSR count). The second kappa shape index (κ2) is 48.6. The van der Waals surface area contributed by atoms with Gasteiger partial charge >= 0.3 is 0 Å². The summed E-state index contributed by atoms with van der Waals surface area (Å²) in [6.45, 7) is 28.6. The lowest BCUT2D eigenvalue weighted by Crippen LogP contribution is -2.45. The lowest BCUT2D eigenvalue weighted by atomic mass is 10.1. The maximum atomic E-state index is 12.9. The van der Waals surface area contributed by atoms with Crippen LogP contribution in [0.3, 0.4) is 0 Å². The second-order valence-electron chi connectivity index (χ2n) is 43.8. The van der Waals surface area contributed by atoms with E-state index < -0.39 is 20.0 Å². The van der Waals surface area contributed by atoms with Crippen LogP contribution in [0.4, 0.5) is 0 Å². The molecule has 816 valence electrons. The number of piperidine rings is 1. The van der Waals surface area contributed by atoms with Gasteiger partial charge in [-0.3, -0.25) is 53.0 Å². The summed E-state index contributed by atoms with van der Waals surface area (Å²) in [7, 11) is -2.85. The Morgan fingerprint density at radius 3 is 1.00 bits per heavy atom. The number of likely N-dealkylation sites (N-methyl/N-ethyl adjacent to an activating group) is 2. The first-order valence-electron chi connectivity index (χ1n) is 53.3. The minimum absolute atomic E-state index is 0.00141. The number of likely N-dealkylation sites (tertiary alicyclic amines) is 5. The van der Waals surface area contributed by atoms with Gasteiger partial charge in [0.15, 0.2) is 39.9 Å². The van der Waals surface area contributed by atoms with Gasteiger partial charge in [0.05, 0.1) is 48.0 Å². The number of sulfonamides is 2. The van der Waals surface area contributed by atoms with E-state index in [1.54, 1.807) is 70.6 Å². The minimum Gasteiger partial charge on any atom is -0.378 e. The molecule has 8 aromatic rings. The Bertz CT molecular complexity index is 6210. The number of carbonyl (C=O) groups is 9. The van der Waals surface area contributed by atoms with Crippen molar-refractivity contribution >= 4 is 73.2 Å². The van der Waals surface area contributed by atoms with Gasteiger partial charge in [0, 0.05) is 226 Å². The molecule has 0 spiro atoms. The summed E-state index contributed by atoms with van der Waals surface area (Å²) in [6.07, 6.45) is 19.9. The predicted molar refractivity (Wildman–Crippen MR) is 544 cm³/mol. The topological polar surface area (TPSA) is 571 Å². The van der Waals surface area contributed by atoms with Crippen molar-refractivity contribution in [1.82, 2.24) is 117 Å². The zero-order valence-corrected chi connectivity index (χ0v) is 89.1. The summed E-state index contributed by atoms with van der Waals surface area (Å²) in [5.74, 6) is 8.71. The number of amides is 9. The van der Waals surface area contributed by atoms with Gasteiger partial charge in [0.25, 0.3) is 41.4 Å². The number of nitrogens with two attached hydrogens (primary N) is 1. The number of hydrogen-bond acceptors (Lipinski definition) is 34. The minimum atomic E-state index is -3.32. The zero-order chi connectivity index (χ0) is 106. The third-order valence-corrected chi connectivity index (χ3v) is 34.5. The van der Waals surface area contributed by atoms with Crippen molar-refractivity contribution in [1.29, 1.82) is 0 Å². The van der Waals surface area contributed by atoms with Gasteiger partial charge in [-0.05, 0) is 177 Å². The summed E-state index contributed by atoms with van der Waals surface area (Å²) in [6, 6.07) is 18.0. The first-order valence-corrected chi connectivity index (χ1v) is 56.7. The molecule has 150 heavy (non-hydrogen) atoms. The maximum Gasteiger partial charge on any atom is 0.273 e. The summed E-state index contributed by atoms with van der Waals surface area (Å²) in [5.41, 5.74) is 8.80. The maximum absolute atomic E-state index is 12.9. The Morgan fingerprint density at radius 1 is 0.387 bits per heavy atom. The van der Waals surface area contributed by atoms with Crippen LogP contribution in [0.1, 0.15) is 319 Å². The van der Waals surface area contributed by atoms with E-state index in [2.05, 4.69) is 119 Å². The van der Waals surface area contributed by atoms with Crippen LogP contribution in [0.2, 0.25) is 0 Å². The molecular weight excluding hydrogens is 1970 g/mol. The number of nitrogens with one attached hydrogen (secondary N) is 8. The van der Waals surface area contributed by atoms with Gasteiger partial charge in [-0.15, -0.1) is 0 Å². The van der Waals surface area contributed by atoms with Crippen molar-refractivity contribution in [2.24, 2.45) is 41.2 Å². The van der Waals surface area contributed by atoms with E-state index in [1.165, 1.54) is 10.6 Å². The van der Waals surface area contributed by atoms with Crippen LogP contribution < -0.4 is 48.3 Å². The molecule has 45 nitrogen and oxygen atoms in total. The fraction of sp³-hybridized carbons (Fsp3) is 0.660. The number of rotatable bonds is 29. The highest BCUT2D eigenvalue weighted by Gasteiger charge is 2.46. The number of pyridine rings is 1. The Hall–Kier alpha value is -11.6. The van der Waals surface area contributed by atoms with E-state index >= 15 is 0 Å². The Balaban J connectivity index is 0.000000119. The number of hydrogen-bond donors (Lipinski definition) is 9. The van der Waals surface area contributed by atoms with Gasteiger partial charge in [-0.2, -0.15) is 8.61 Å². The largest absolute Gasteiger partial charge is 0.378 e. The fourth-order valence-corrected chi connectivity index (χ4v) is 23.3. The summed E-state index contributed by atoms with van der Waals surface area (Å²) < 4.78 is 93.6. The van der Waals surface area contributed by atoms with Gasteiger partial charge in [-0.25, -0.2) is 16.8 Å². The van der Waals surface area contributed by atoms with E-state index in [9.17, 15) is 60.0 Å². The number of aromatic nitrogens is 8. The van der Waals surface area contributed by atoms with Gasteiger partial charge < -0.3 is 104 Å². The molecule has 14 atom stereocenters. The number of methoxy groups -OCH3 is 1. The highest BCUT2D eigenvalue weighted by molar-refractivity contribution is 7.89. The molecule has 8 aromatic heterocycles. The Kier molecular flexibility index (Phi) is 35.5. The van der Waals surface area contributed by atoms with Crippen molar-refractivity contribution in [3.05, 3.63) is 153 Å². The van der Waals surface area contributed by atoms with Crippen LogP contribution in [-0.4, -0.2) is 336 Å². The van der Waals surface area contributed by atoms with E-state index in [0.717, 1.165) is 201 Å². The monoisotopic (exact) mass is 2120 g/mol. The molecular formula is C103H146N24O21S2. The van der Waals surface area contributed by atoms with Gasteiger partial charge in [-0.1, -0.05) is 90.6 Å². The average molecular weight is 2120 g/mol. The first kappa shape index (κ1) is 110. The molecule has 15 aliphatic rings. The SMILES string of the molecule is CC(=O)N1C[C@@H](C)[C@H](NC(=O)c2cc(C3CC3)on2)C1.CCN1C[C@@H](C)[C@H](NC(=O)c2cc(C3CC3)on2)C1.CO[C@@H]1CN(C)C[C@H]1NC(=O)c1cc(C2CC2)on1.C[C@@H]1CN(Cc2ccccn2)C[C@H]1NC(=O)c1cc(C2CC2)on1.C[C@@H]1CN(S(C)(=O)=O)C[C@H]1NC(=O)c1cc(C2CC2)on1.C[C@H]1CN(C(=O)CN)C[C@@H]1NC(=O)c1cc(C2CC2)on1.C[C@H]1CN(S(=O)(=O)C2CCNCC2)C[C@@H]1NC(=O)c1cc(C2CC2)on1. The molecule has 10 N–H and O–H groups in total. The third-order valence-electron chi connectivity index (χ3n) is 31.0. The number of ether oxygens (including phenoxy) is 1. The summed E-state index contributed by atoms with van der Waals surface area (Å²) in [4.78, 5) is 123. The van der Waals surface area contributed by atoms with Gasteiger partial charge in [0.2, 0.25) is 31.9 Å². The number of carbonyl (C=O) groups excluding carboxylic acids is 9. The fourth-order valence-electron chi connectivity index (χ4n) is 20.3. The Labute approximate surface area is 873 Å². The van der Waals surface area contributed by atoms with Crippen molar-refractivity contribution in [2.45, 2.75) is 260 Å². The standard InChI is InChI=1S/C18H22N4O2.C17H26N4O4S.C14H20N4O3.C14H19N3O3.C14H21N3O2.C13H19N3O4S.C13H19N3O3/c1-12-9-22(10-14-4-2-3-7-19-14)11-16(12)20-18(23)15-8-17(24-21-15)13-5-6-13;1-11-9-21(26(23,24)13-4-6-18-7-5-13)10-15(11)19-17(22)14-8-16(25-20-14)12-2-3-12;1-8-6-18(13(19)5-15)7-11(8)16-14(20)10-4-12(21-17-10)9-2-3-9;1-8-6-17(9(2)18)7-12(8)15-14(19)11-5-13(20-16-11)10-3-4-10;1-3-17-7-9(2)12(8-17)15-14(18)11-6-13(19-16-11)10-4-5-10;1-8-6-16(21(2,18)19)7-11(8)14-13(17)10-5-12(20-15-10)9-3-4-9;1-16-6-10(12(7-16)18-2)14-13(17)9-5-11(19-15-9)8-3-4-8/h2-4,7-8,12-13,16H,5-6,9-11H2,1H3,(H,20,23);8,11-13,15,18H,2-7,9-10H2,1H3,(H,19,22);4,8-9,11H,2-3,5-7,15H2,1H3,(H,16,20);5,8,10,12H,3-4,6-7H2,1-2H3,(H,15,19);6,9-10,12H,3-5,7-8H2,1-2H3,(H,15,18);5,8-9,11H,3-4,6-7H2,1-2H3,(H,14,17);5,8,10,12H,3-4,6-7H2,1-2H3,(H,14,17)/t12-,16-;11-,15-;8-,11-;8-,12-;9-,12-;8-,11-;10-,12-/m1001111/s1. The van der Waals surface area contributed by atoms with Crippen LogP contribution in [0.5, 0.6) is 0 Å². The molecule has 9 amide bonds. The quantitative estimate of drug-likeness (QED) is 0.0230. The predicted octanol–water partition coefficient (Wildman–Crippen LogP) is 6.91. The molecule has 0 radical (unpaired) electrons. The number of nitrogens with zero attached hydrogens (tertiary/aromatic N) is 15. The molecule has 0 bridgehead atoms. The van der Waals surface area contributed by atoms with Crippen molar-refractivity contribution in [2.75, 3.05) is 138 Å². The van der Waals surface area contributed by atoms with Crippen LogP contribution in [0.25, 0.3) is 0 Å². The van der Waals surface area contributed by atoms with E-state index in [-0.39, 0.29) is 148 Å². The molecule has 7 aliphatic carbocycles. The molecule has 8 saturated heterocycles. The van der Waals surface area contributed by atoms with Gasteiger partial charge in [0.1, 0.15) is 40.3 Å². The lowest BCUT2D eigenvalue weighted by molar-refractivity contribution is -0.129. The molecule has 0 aromatic carbocycles. The summed E-state index contributed by atoms with van der Waals surface area (Å²) >= 11 is 0. The van der Waals surface area contributed by atoms with Crippen LogP contribution in [0, 0.1) is 35.5 Å². The average Bonchev–Trinajstić information content (AvgIpc) is 1.63. The van der Waals surface area contributed by atoms with E-state index in [4.69, 9.17) is 42.1 Å². The third kappa shape index (κ3) is 29.3. The molecule has 47 heteroatoms. The lowest BCUT2D eigenvalue weighted by Gasteiger charge is -2.27. The van der Waals surface area contributed by atoms with Crippen LogP contribution in [0.15, 0.2) is 98.5 Å². The first-order chi connectivity index (χ1) is 71.9. The smallest absolute Gasteiger partial charge is 0.273 e. The second-order valence-corrected chi connectivity index (χ2v) is 48.0. The van der Waals surface area contributed by atoms with Crippen molar-refractivity contribution in [3.8, 4) is 0 Å². The van der Waals surface area contributed by atoms with Crippen LogP contribution >= 0.6 is 0 Å². The summed E-state index contributed by atoms with van der Waals surface area (Å²) in [5, 5.41) is 50.7. The van der Waals surface area contributed by atoms with E-state index in [0.29, 0.717) is 147 Å². The van der Waals surface area contributed by atoms with Crippen molar-refractivity contribution < 1.29 is 96.4 Å². The highest BCUT2D eigenvalue weighted by Crippen LogP contribution is 2.46. The molecule has 7 saturated carbocycles. The molecule has 16 heterocycles. The highest BCUT2D eigenvalue weighted by atomic mass is 32.2. The molecule has 0 unspecified atom stereocenters. The molecule has 8 aliphatic heterocycles. The zero-order valence-electron chi connectivity index (χ0n) is 87.5. The normalized spacial score (nSPS) is 26.5. The van der Waals surface area contributed by atoms with E-state index in [1.807, 2.05) is 59.1 Å². The Morgan fingerprint density at radius 2 is 0.693 bits per heavy atom.